The molecule has 0 radical (unpaired) electrons. The van der Waals surface area contributed by atoms with Gasteiger partial charge in [0.2, 0.25) is 5.91 Å². The van der Waals surface area contributed by atoms with Crippen LogP contribution in [-0.4, -0.2) is 28.9 Å². The van der Waals surface area contributed by atoms with Crippen LogP contribution in [0.25, 0.3) is 0 Å². The Morgan fingerprint density at radius 1 is 1.43 bits per heavy atom. The molecule has 0 saturated heterocycles. The smallest absolute Gasteiger partial charge is 0.230 e. The van der Waals surface area contributed by atoms with Gasteiger partial charge in [-0.25, -0.2) is 0 Å². The van der Waals surface area contributed by atoms with Crippen molar-refractivity contribution in [3.05, 3.63) is 29.8 Å². The highest BCUT2D eigenvalue weighted by atomic mass is 32.2. The summed E-state index contributed by atoms with van der Waals surface area (Å²) < 4.78 is 0. The number of nitrogens with one attached hydrogen (secondary N) is 1. The molecule has 116 valence electrons. The lowest BCUT2D eigenvalue weighted by Gasteiger charge is -2.35. The summed E-state index contributed by atoms with van der Waals surface area (Å²) in [5, 5.41) is 13.4. The van der Waals surface area contributed by atoms with E-state index in [1.807, 2.05) is 31.2 Å². The molecule has 1 fully saturated rings. The van der Waals surface area contributed by atoms with E-state index >= 15 is 0 Å². The lowest BCUT2D eigenvalue weighted by Crippen LogP contribution is -2.46. The molecule has 2 N–H and O–H groups in total. The van der Waals surface area contributed by atoms with Crippen LogP contribution < -0.4 is 5.32 Å². The first-order valence-electron chi connectivity index (χ1n) is 7.65. The van der Waals surface area contributed by atoms with Crippen molar-refractivity contribution in [2.24, 2.45) is 5.92 Å². The van der Waals surface area contributed by atoms with Gasteiger partial charge in [-0.2, -0.15) is 0 Å². The van der Waals surface area contributed by atoms with Crippen LogP contribution in [0.2, 0.25) is 0 Å². The first kappa shape index (κ1) is 16.4. The molecule has 3 nitrogen and oxygen atoms in total. The SMILES string of the molecule is Cc1ccc(SCC(=O)NCC2(O)CCCC(C)C2)cc1. The molecule has 2 unspecified atom stereocenters. The maximum absolute atomic E-state index is 11.9. The topological polar surface area (TPSA) is 49.3 Å². The average Bonchev–Trinajstić information content (AvgIpc) is 2.44. The Balaban J connectivity index is 1.73. The quantitative estimate of drug-likeness (QED) is 0.822. The highest BCUT2D eigenvalue weighted by molar-refractivity contribution is 8.00. The van der Waals surface area contributed by atoms with Crippen molar-refractivity contribution in [2.75, 3.05) is 12.3 Å². The van der Waals surface area contributed by atoms with Gasteiger partial charge in [-0.1, -0.05) is 37.5 Å². The Hall–Kier alpha value is -1.00. The lowest BCUT2D eigenvalue weighted by atomic mass is 9.79. The summed E-state index contributed by atoms with van der Waals surface area (Å²) in [7, 11) is 0. The maximum atomic E-state index is 11.9. The zero-order chi connectivity index (χ0) is 15.3. The summed E-state index contributed by atoms with van der Waals surface area (Å²) in [6, 6.07) is 8.16. The monoisotopic (exact) mass is 307 g/mol. The van der Waals surface area contributed by atoms with Crippen molar-refractivity contribution in [1.29, 1.82) is 0 Å². The van der Waals surface area contributed by atoms with Crippen molar-refractivity contribution < 1.29 is 9.90 Å². The van der Waals surface area contributed by atoms with Gasteiger partial charge >= 0.3 is 0 Å². The number of thioether (sulfide) groups is 1. The number of amides is 1. The molecule has 2 atom stereocenters. The minimum atomic E-state index is -0.706. The molecule has 0 bridgehead atoms. The Morgan fingerprint density at radius 3 is 2.81 bits per heavy atom. The molecule has 21 heavy (non-hydrogen) atoms. The van der Waals surface area contributed by atoms with E-state index in [9.17, 15) is 9.90 Å². The van der Waals surface area contributed by atoms with Gasteiger partial charge in [0.25, 0.3) is 0 Å². The van der Waals surface area contributed by atoms with Crippen molar-refractivity contribution >= 4 is 17.7 Å². The van der Waals surface area contributed by atoms with Gasteiger partial charge in [-0.05, 0) is 37.8 Å². The van der Waals surface area contributed by atoms with Crippen LogP contribution in [0.4, 0.5) is 0 Å². The van der Waals surface area contributed by atoms with Crippen molar-refractivity contribution in [3.63, 3.8) is 0 Å². The fourth-order valence-electron chi connectivity index (χ4n) is 2.89. The van der Waals surface area contributed by atoms with Crippen LogP contribution in [0, 0.1) is 12.8 Å². The summed E-state index contributed by atoms with van der Waals surface area (Å²) in [6.07, 6.45) is 3.81. The van der Waals surface area contributed by atoms with Crippen molar-refractivity contribution in [3.8, 4) is 0 Å². The zero-order valence-corrected chi connectivity index (χ0v) is 13.7. The van der Waals surface area contributed by atoms with Crippen LogP contribution in [-0.2, 0) is 4.79 Å². The molecule has 1 amide bonds. The number of hydrogen-bond acceptors (Lipinski definition) is 3. The van der Waals surface area contributed by atoms with E-state index in [1.54, 1.807) is 0 Å². The molecule has 1 aromatic rings. The third kappa shape index (κ3) is 5.36. The normalized spacial score (nSPS) is 25.6. The standard InChI is InChI=1S/C17H25NO2S/c1-13-5-7-15(8-6-13)21-11-16(19)18-12-17(20)9-3-4-14(2)10-17/h5-8,14,20H,3-4,9-12H2,1-2H3,(H,18,19). The van der Waals surface area contributed by atoms with E-state index in [2.05, 4.69) is 12.2 Å². The predicted molar refractivity (Wildman–Crippen MR) is 87.5 cm³/mol. The first-order valence-corrected chi connectivity index (χ1v) is 8.64. The molecule has 1 aromatic carbocycles. The van der Waals surface area contributed by atoms with Gasteiger partial charge in [-0.3, -0.25) is 4.79 Å². The highest BCUT2D eigenvalue weighted by Crippen LogP contribution is 2.31. The molecule has 1 aliphatic rings. The van der Waals surface area contributed by atoms with Gasteiger partial charge in [-0.15, -0.1) is 11.8 Å². The number of benzene rings is 1. The fourth-order valence-corrected chi connectivity index (χ4v) is 3.62. The van der Waals surface area contributed by atoms with E-state index in [4.69, 9.17) is 0 Å². The first-order chi connectivity index (χ1) is 9.97. The third-order valence-electron chi connectivity index (χ3n) is 4.07. The summed E-state index contributed by atoms with van der Waals surface area (Å²) in [5.74, 6) is 0.934. The molecule has 0 spiro atoms. The van der Waals surface area contributed by atoms with Gasteiger partial charge in [0.15, 0.2) is 0 Å². The largest absolute Gasteiger partial charge is 0.388 e. The van der Waals surface area contributed by atoms with Crippen LogP contribution in [0.5, 0.6) is 0 Å². The van der Waals surface area contributed by atoms with Gasteiger partial charge in [0, 0.05) is 11.4 Å². The second-order valence-corrected chi connectivity index (χ2v) is 7.35. The average molecular weight is 307 g/mol. The van der Waals surface area contributed by atoms with Crippen LogP contribution >= 0.6 is 11.8 Å². The second-order valence-electron chi connectivity index (χ2n) is 6.30. The highest BCUT2D eigenvalue weighted by Gasteiger charge is 2.32. The van der Waals surface area contributed by atoms with Crippen LogP contribution in [0.15, 0.2) is 29.2 Å². The maximum Gasteiger partial charge on any atom is 0.230 e. The molecule has 2 rings (SSSR count). The Bertz CT molecular complexity index is 474. The number of rotatable bonds is 5. The van der Waals surface area contributed by atoms with Crippen molar-refractivity contribution in [1.82, 2.24) is 5.32 Å². The Morgan fingerprint density at radius 2 is 2.14 bits per heavy atom. The molecule has 1 aliphatic carbocycles. The fraction of sp³-hybridized carbons (Fsp3) is 0.588. The number of aliphatic hydroxyl groups is 1. The molecule has 1 saturated carbocycles. The van der Waals surface area contributed by atoms with Crippen LogP contribution in [0.3, 0.4) is 0 Å². The zero-order valence-electron chi connectivity index (χ0n) is 12.9. The summed E-state index contributed by atoms with van der Waals surface area (Å²) >= 11 is 1.53. The van der Waals surface area contributed by atoms with E-state index in [0.717, 1.165) is 24.2 Å². The number of carbonyl (C=O) groups is 1. The molecular weight excluding hydrogens is 282 g/mol. The van der Waals surface area contributed by atoms with Gasteiger partial charge < -0.3 is 10.4 Å². The minimum absolute atomic E-state index is 0.00720. The van der Waals surface area contributed by atoms with E-state index < -0.39 is 5.60 Å². The van der Waals surface area contributed by atoms with E-state index in [1.165, 1.54) is 23.7 Å². The number of hydrogen-bond donors (Lipinski definition) is 2. The third-order valence-corrected chi connectivity index (χ3v) is 5.09. The molecule has 0 heterocycles. The van der Waals surface area contributed by atoms with E-state index in [0.29, 0.717) is 18.2 Å². The minimum Gasteiger partial charge on any atom is -0.388 e. The summed E-state index contributed by atoms with van der Waals surface area (Å²) in [4.78, 5) is 13.0. The summed E-state index contributed by atoms with van der Waals surface area (Å²) in [5.41, 5.74) is 0.513. The molecular formula is C17H25NO2S. The van der Waals surface area contributed by atoms with Gasteiger partial charge in [0.05, 0.1) is 11.4 Å². The Labute approximate surface area is 131 Å². The predicted octanol–water partition coefficient (Wildman–Crippen LogP) is 3.14. The molecule has 0 aliphatic heterocycles. The molecule has 0 aromatic heterocycles. The number of aryl methyl sites for hydroxylation is 1. The van der Waals surface area contributed by atoms with E-state index in [-0.39, 0.29) is 5.91 Å². The lowest BCUT2D eigenvalue weighted by molar-refractivity contribution is -0.120. The number of carbonyl (C=O) groups excluding carboxylic acids is 1. The van der Waals surface area contributed by atoms with Gasteiger partial charge in [0.1, 0.15) is 0 Å². The summed E-state index contributed by atoms with van der Waals surface area (Å²) in [6.45, 7) is 4.59. The molecule has 4 heteroatoms. The second kappa shape index (κ2) is 7.32. The van der Waals surface area contributed by atoms with Crippen molar-refractivity contribution in [2.45, 2.75) is 50.0 Å². The van der Waals surface area contributed by atoms with Crippen LogP contribution in [0.1, 0.15) is 38.2 Å². The Kier molecular flexibility index (Phi) is 5.71.